The number of rotatable bonds is 5. The van der Waals surface area contributed by atoms with E-state index in [0.717, 1.165) is 29.0 Å². The van der Waals surface area contributed by atoms with Gasteiger partial charge in [-0.05, 0) is 48.0 Å². The molecule has 0 aliphatic carbocycles. The lowest BCUT2D eigenvalue weighted by molar-refractivity contribution is -0.0829. The van der Waals surface area contributed by atoms with Crippen LogP contribution in [0.25, 0.3) is 0 Å². The number of urea groups is 1. The molecule has 1 aromatic heterocycles. The summed E-state index contributed by atoms with van der Waals surface area (Å²) in [6, 6.07) is 24.3. The van der Waals surface area contributed by atoms with E-state index >= 15 is 0 Å². The van der Waals surface area contributed by atoms with Crippen molar-refractivity contribution in [1.29, 1.82) is 0 Å². The Labute approximate surface area is 215 Å². The molecule has 8 nitrogen and oxygen atoms in total. The predicted octanol–water partition coefficient (Wildman–Crippen LogP) is 5.54. The molecule has 0 saturated carbocycles. The molecule has 184 valence electrons. The third-order valence-corrected chi connectivity index (χ3v) is 5.75. The largest absolute Gasteiger partial charge is 0.497 e. The number of nitrogens with one attached hydrogen (secondary N) is 2. The third kappa shape index (κ3) is 6.04. The van der Waals surface area contributed by atoms with E-state index in [0.29, 0.717) is 23.8 Å². The quantitative estimate of drug-likeness (QED) is 0.357. The highest BCUT2D eigenvalue weighted by Gasteiger charge is 2.31. The lowest BCUT2D eigenvalue weighted by Gasteiger charge is -2.23. The summed E-state index contributed by atoms with van der Waals surface area (Å²) >= 11 is 0. The highest BCUT2D eigenvalue weighted by Crippen LogP contribution is 2.30. The zero-order valence-corrected chi connectivity index (χ0v) is 20.2. The minimum Gasteiger partial charge on any atom is -0.497 e. The first-order chi connectivity index (χ1) is 18.2. The summed E-state index contributed by atoms with van der Waals surface area (Å²) in [6.45, 7) is 0.495. The van der Waals surface area contributed by atoms with Crippen molar-refractivity contribution in [3.8, 4) is 17.6 Å². The third-order valence-electron chi connectivity index (χ3n) is 5.75. The molecule has 1 fully saturated rings. The van der Waals surface area contributed by atoms with Crippen molar-refractivity contribution in [2.24, 2.45) is 0 Å². The Morgan fingerprint density at radius 2 is 1.70 bits per heavy atom. The first-order valence-electron chi connectivity index (χ1n) is 11.8. The predicted molar refractivity (Wildman–Crippen MR) is 141 cm³/mol. The molecule has 2 amide bonds. The van der Waals surface area contributed by atoms with Gasteiger partial charge in [0.25, 0.3) is 0 Å². The van der Waals surface area contributed by atoms with Crippen LogP contribution in [-0.2, 0) is 4.84 Å². The van der Waals surface area contributed by atoms with Crippen LogP contribution in [0.4, 0.5) is 22.1 Å². The number of methoxy groups -OCH3 is 1. The summed E-state index contributed by atoms with van der Waals surface area (Å²) in [7, 11) is 1.63. The molecule has 3 aromatic carbocycles. The Morgan fingerprint density at radius 3 is 2.46 bits per heavy atom. The van der Waals surface area contributed by atoms with Crippen molar-refractivity contribution in [1.82, 2.24) is 15.0 Å². The van der Waals surface area contributed by atoms with Gasteiger partial charge in [-0.15, -0.1) is 0 Å². The molecule has 2 N–H and O–H groups in total. The molecule has 0 spiro atoms. The SMILES string of the molecule is COc1ccc(Nc2ncc(C#Cc3cccc(NC(=O)N4OCC[C@H]4c4ccccc4)c3)cn2)cc1. The molecule has 5 rings (SSSR count). The van der Waals surface area contributed by atoms with Crippen LogP contribution in [0.3, 0.4) is 0 Å². The van der Waals surface area contributed by atoms with Gasteiger partial charge in [0.05, 0.1) is 25.3 Å². The molecule has 1 saturated heterocycles. The second-order valence-corrected chi connectivity index (χ2v) is 8.28. The zero-order valence-electron chi connectivity index (χ0n) is 20.2. The van der Waals surface area contributed by atoms with Crippen LogP contribution in [-0.4, -0.2) is 34.8 Å². The Morgan fingerprint density at radius 1 is 0.946 bits per heavy atom. The normalized spacial score (nSPS) is 14.4. The van der Waals surface area contributed by atoms with E-state index in [4.69, 9.17) is 9.57 Å². The maximum absolute atomic E-state index is 12.9. The molecule has 37 heavy (non-hydrogen) atoms. The van der Waals surface area contributed by atoms with Crippen LogP contribution >= 0.6 is 0 Å². The van der Waals surface area contributed by atoms with Crippen LogP contribution in [0.2, 0.25) is 0 Å². The lowest BCUT2D eigenvalue weighted by atomic mass is 10.1. The lowest BCUT2D eigenvalue weighted by Crippen LogP contribution is -2.33. The maximum atomic E-state index is 12.9. The number of hydrogen-bond acceptors (Lipinski definition) is 6. The van der Waals surface area contributed by atoms with Crippen LogP contribution in [0.5, 0.6) is 5.75 Å². The van der Waals surface area contributed by atoms with Gasteiger partial charge in [-0.2, -0.15) is 5.06 Å². The maximum Gasteiger partial charge on any atom is 0.346 e. The van der Waals surface area contributed by atoms with E-state index in [1.165, 1.54) is 5.06 Å². The topological polar surface area (TPSA) is 88.6 Å². The van der Waals surface area contributed by atoms with Gasteiger partial charge in [-0.1, -0.05) is 48.2 Å². The molecule has 1 atom stereocenters. The Balaban J connectivity index is 1.21. The molecule has 8 heteroatoms. The molecule has 2 heterocycles. The zero-order chi connectivity index (χ0) is 25.5. The molecule has 1 aliphatic heterocycles. The molecular formula is C29H25N5O3. The number of hydroxylamine groups is 2. The van der Waals surface area contributed by atoms with Gasteiger partial charge in [0.1, 0.15) is 5.75 Å². The van der Waals surface area contributed by atoms with Crippen molar-refractivity contribution in [2.45, 2.75) is 12.5 Å². The van der Waals surface area contributed by atoms with Crippen LogP contribution < -0.4 is 15.4 Å². The molecule has 1 aliphatic rings. The summed E-state index contributed by atoms with van der Waals surface area (Å²) in [5.74, 6) is 7.41. The van der Waals surface area contributed by atoms with Gasteiger partial charge in [0.15, 0.2) is 0 Å². The van der Waals surface area contributed by atoms with Crippen molar-refractivity contribution in [3.05, 3.63) is 108 Å². The first kappa shape index (κ1) is 23.9. The molecule has 0 radical (unpaired) electrons. The van der Waals surface area contributed by atoms with Gasteiger partial charge in [-0.3, -0.25) is 4.84 Å². The average Bonchev–Trinajstić information content (AvgIpc) is 3.44. The Bertz CT molecular complexity index is 1410. The minimum atomic E-state index is -0.315. The van der Waals surface area contributed by atoms with Crippen molar-refractivity contribution in [3.63, 3.8) is 0 Å². The van der Waals surface area contributed by atoms with E-state index in [9.17, 15) is 4.79 Å². The van der Waals surface area contributed by atoms with Crippen molar-refractivity contribution < 1.29 is 14.4 Å². The minimum absolute atomic E-state index is 0.119. The van der Waals surface area contributed by atoms with Gasteiger partial charge < -0.3 is 15.4 Å². The highest BCUT2D eigenvalue weighted by atomic mass is 16.7. The summed E-state index contributed by atoms with van der Waals surface area (Å²) in [6.07, 6.45) is 4.07. The van der Waals surface area contributed by atoms with E-state index in [1.807, 2.05) is 78.9 Å². The smallest absolute Gasteiger partial charge is 0.346 e. The number of benzene rings is 3. The molecule has 0 bridgehead atoms. The van der Waals surface area contributed by atoms with Gasteiger partial charge in [0, 0.05) is 35.8 Å². The number of anilines is 3. The summed E-state index contributed by atoms with van der Waals surface area (Å²) in [5.41, 5.74) is 3.95. The summed E-state index contributed by atoms with van der Waals surface area (Å²) in [5, 5.41) is 7.46. The van der Waals surface area contributed by atoms with Crippen LogP contribution in [0.15, 0.2) is 91.3 Å². The number of carbonyl (C=O) groups excluding carboxylic acids is 1. The number of carbonyl (C=O) groups is 1. The molecule has 0 unspecified atom stereocenters. The Kier molecular flexibility index (Phi) is 7.25. The fraction of sp³-hybridized carbons (Fsp3) is 0.138. The van der Waals surface area contributed by atoms with E-state index < -0.39 is 0 Å². The number of ether oxygens (including phenoxy) is 1. The number of amides is 2. The second kappa shape index (κ2) is 11.2. The van der Waals surface area contributed by atoms with E-state index in [2.05, 4.69) is 32.4 Å². The van der Waals surface area contributed by atoms with Crippen molar-refractivity contribution in [2.75, 3.05) is 24.4 Å². The summed E-state index contributed by atoms with van der Waals surface area (Å²) < 4.78 is 5.17. The standard InChI is InChI=1S/C29H25N5O3/c1-36-26-14-12-24(13-15-26)32-28-30-19-22(20-31-28)11-10-21-6-5-9-25(18-21)33-29(35)34-27(16-17-37-34)23-7-3-2-4-8-23/h2-9,12-15,18-20,27H,16-17H2,1H3,(H,33,35)(H,30,31,32)/t27-/m0/s1. The summed E-state index contributed by atoms with van der Waals surface area (Å²) in [4.78, 5) is 27.2. The van der Waals surface area contributed by atoms with Gasteiger partial charge >= 0.3 is 6.03 Å². The second-order valence-electron chi connectivity index (χ2n) is 8.28. The van der Waals surface area contributed by atoms with Crippen LogP contribution in [0.1, 0.15) is 29.2 Å². The Hall–Kier alpha value is -4.87. The number of aromatic nitrogens is 2. The van der Waals surface area contributed by atoms with Gasteiger partial charge in [-0.25, -0.2) is 14.8 Å². The first-order valence-corrected chi connectivity index (χ1v) is 11.8. The number of hydrogen-bond donors (Lipinski definition) is 2. The molecule has 4 aromatic rings. The highest BCUT2D eigenvalue weighted by molar-refractivity contribution is 5.89. The van der Waals surface area contributed by atoms with Crippen LogP contribution in [0, 0.1) is 11.8 Å². The van der Waals surface area contributed by atoms with E-state index in [1.54, 1.807) is 19.5 Å². The fourth-order valence-electron chi connectivity index (χ4n) is 3.91. The number of nitrogens with zero attached hydrogens (tertiary/aromatic N) is 3. The monoisotopic (exact) mass is 491 g/mol. The average molecular weight is 492 g/mol. The van der Waals surface area contributed by atoms with Crippen molar-refractivity contribution >= 4 is 23.4 Å². The fourth-order valence-corrected chi connectivity index (χ4v) is 3.91. The van der Waals surface area contributed by atoms with E-state index in [-0.39, 0.29) is 12.1 Å². The molecular weight excluding hydrogens is 466 g/mol. The van der Waals surface area contributed by atoms with Gasteiger partial charge in [0.2, 0.25) is 5.95 Å².